The van der Waals surface area contributed by atoms with E-state index < -0.39 is 11.2 Å². The first kappa shape index (κ1) is 19.7. The van der Waals surface area contributed by atoms with Crippen molar-refractivity contribution in [2.24, 2.45) is 0 Å². The van der Waals surface area contributed by atoms with Crippen LogP contribution in [0.3, 0.4) is 0 Å². The second-order valence-electron chi connectivity index (χ2n) is 5.84. The van der Waals surface area contributed by atoms with Gasteiger partial charge in [-0.3, -0.25) is 19.1 Å². The molecule has 8 heteroatoms. The fraction of sp³-hybridized carbons (Fsp3) is 0.389. The van der Waals surface area contributed by atoms with Gasteiger partial charge in [0.1, 0.15) is 5.82 Å². The SMILES string of the molecule is CCCCN(C(=O)/C=C/c1cccs1)c1c(N)n(CCC)c(=O)[nH]c1=O. The zero-order valence-electron chi connectivity index (χ0n) is 15.0. The molecule has 7 nitrogen and oxygen atoms in total. The molecule has 3 N–H and O–H groups in total. The number of nitrogen functional groups attached to an aromatic ring is 1. The van der Waals surface area contributed by atoms with E-state index in [1.54, 1.807) is 6.08 Å². The fourth-order valence-corrected chi connectivity index (χ4v) is 3.18. The van der Waals surface area contributed by atoms with E-state index in [2.05, 4.69) is 4.98 Å². The number of thiophene rings is 1. The number of unbranched alkanes of at least 4 members (excludes halogenated alkanes) is 1. The summed E-state index contributed by atoms with van der Waals surface area (Å²) in [5.74, 6) is -0.319. The average molecular weight is 376 g/mol. The maximum absolute atomic E-state index is 12.8. The van der Waals surface area contributed by atoms with Crippen molar-refractivity contribution in [2.45, 2.75) is 39.7 Å². The van der Waals surface area contributed by atoms with Crippen LogP contribution in [0.15, 0.2) is 33.2 Å². The Morgan fingerprint density at radius 3 is 2.73 bits per heavy atom. The van der Waals surface area contributed by atoms with Crippen molar-refractivity contribution < 1.29 is 4.79 Å². The van der Waals surface area contributed by atoms with E-state index in [-0.39, 0.29) is 17.4 Å². The molecular formula is C18H24N4O3S. The van der Waals surface area contributed by atoms with Crippen LogP contribution >= 0.6 is 11.3 Å². The molecule has 0 bridgehead atoms. The van der Waals surface area contributed by atoms with Crippen molar-refractivity contribution in [3.8, 4) is 0 Å². The van der Waals surface area contributed by atoms with Crippen molar-refractivity contribution in [1.82, 2.24) is 9.55 Å². The molecule has 0 atom stereocenters. The Kier molecular flexibility index (Phi) is 6.97. The minimum atomic E-state index is -0.645. The van der Waals surface area contributed by atoms with Gasteiger partial charge in [0.15, 0.2) is 5.69 Å². The molecule has 0 unspecified atom stereocenters. The van der Waals surface area contributed by atoms with Crippen molar-refractivity contribution in [2.75, 3.05) is 17.2 Å². The molecule has 0 fully saturated rings. The molecule has 0 saturated heterocycles. The lowest BCUT2D eigenvalue weighted by atomic mass is 10.2. The molecule has 1 amide bonds. The lowest BCUT2D eigenvalue weighted by Crippen LogP contribution is -2.41. The number of anilines is 2. The van der Waals surface area contributed by atoms with Gasteiger partial charge in [-0.25, -0.2) is 4.79 Å². The van der Waals surface area contributed by atoms with Crippen LogP contribution in [0.25, 0.3) is 6.08 Å². The van der Waals surface area contributed by atoms with Gasteiger partial charge in [-0.15, -0.1) is 11.3 Å². The molecular weight excluding hydrogens is 352 g/mol. The van der Waals surface area contributed by atoms with E-state index in [1.807, 2.05) is 31.4 Å². The maximum atomic E-state index is 12.8. The third-order valence-corrected chi connectivity index (χ3v) is 4.70. The van der Waals surface area contributed by atoms with E-state index in [4.69, 9.17) is 5.73 Å². The first-order chi connectivity index (χ1) is 12.5. The first-order valence-electron chi connectivity index (χ1n) is 8.65. The molecule has 2 heterocycles. The van der Waals surface area contributed by atoms with Gasteiger partial charge in [0.2, 0.25) is 0 Å². The summed E-state index contributed by atoms with van der Waals surface area (Å²) in [5, 5.41) is 1.92. The molecule has 2 aromatic rings. The van der Waals surface area contributed by atoms with Crippen LogP contribution in [0.4, 0.5) is 11.5 Å². The zero-order chi connectivity index (χ0) is 19.1. The number of carbonyl (C=O) groups excluding carboxylic acids is 1. The number of hydrogen-bond acceptors (Lipinski definition) is 5. The maximum Gasteiger partial charge on any atom is 0.330 e. The number of aromatic nitrogens is 2. The number of nitrogens with one attached hydrogen (secondary N) is 1. The summed E-state index contributed by atoms with van der Waals surface area (Å²) < 4.78 is 1.30. The number of nitrogens with two attached hydrogens (primary N) is 1. The number of amides is 1. The van der Waals surface area contributed by atoms with Crippen molar-refractivity contribution in [1.29, 1.82) is 0 Å². The number of aromatic amines is 1. The smallest absolute Gasteiger partial charge is 0.330 e. The van der Waals surface area contributed by atoms with Crippen LogP contribution in [0.2, 0.25) is 0 Å². The van der Waals surface area contributed by atoms with Crippen LogP contribution < -0.4 is 21.9 Å². The fourth-order valence-electron chi connectivity index (χ4n) is 2.56. The summed E-state index contributed by atoms with van der Waals surface area (Å²) in [6.07, 6.45) is 5.38. The lowest BCUT2D eigenvalue weighted by molar-refractivity contribution is -0.114. The van der Waals surface area contributed by atoms with Gasteiger partial charge < -0.3 is 10.6 Å². The van der Waals surface area contributed by atoms with Gasteiger partial charge in [0.25, 0.3) is 11.5 Å². The first-order valence-corrected chi connectivity index (χ1v) is 9.53. The highest BCUT2D eigenvalue weighted by atomic mass is 32.1. The highest BCUT2D eigenvalue weighted by Gasteiger charge is 2.22. The summed E-state index contributed by atoms with van der Waals surface area (Å²) in [6, 6.07) is 3.79. The Hall–Kier alpha value is -2.61. The standard InChI is InChI=1S/C18H24N4O3S/c1-3-5-11-21(14(23)9-8-13-7-6-12-26-13)15-16(19)22(10-4-2)18(25)20-17(15)24/h6-9,12H,3-5,10-11,19H2,1-2H3,(H,20,24,25)/b9-8+. The van der Waals surface area contributed by atoms with Crippen LogP contribution in [0.1, 0.15) is 38.0 Å². The molecule has 0 radical (unpaired) electrons. The number of hydrogen-bond donors (Lipinski definition) is 2. The summed E-state index contributed by atoms with van der Waals surface area (Å²) in [7, 11) is 0. The molecule has 0 saturated carbocycles. The second kappa shape index (κ2) is 9.19. The van der Waals surface area contributed by atoms with E-state index >= 15 is 0 Å². The number of H-pyrrole nitrogens is 1. The predicted octanol–water partition coefficient (Wildman–Crippen LogP) is 2.44. The molecule has 0 spiro atoms. The molecule has 2 aromatic heterocycles. The summed E-state index contributed by atoms with van der Waals surface area (Å²) >= 11 is 1.51. The van der Waals surface area contributed by atoms with Crippen LogP contribution in [0, 0.1) is 0 Å². The number of rotatable bonds is 8. The van der Waals surface area contributed by atoms with E-state index in [1.165, 1.54) is 26.9 Å². The molecule has 0 aliphatic heterocycles. The second-order valence-corrected chi connectivity index (χ2v) is 6.82. The minimum absolute atomic E-state index is 0.0228. The van der Waals surface area contributed by atoms with E-state index in [0.717, 1.165) is 11.3 Å². The quantitative estimate of drug-likeness (QED) is 0.691. The Bertz CT molecular complexity index is 881. The Balaban J connectivity index is 2.46. The normalized spacial score (nSPS) is 11.2. The van der Waals surface area contributed by atoms with Gasteiger partial charge in [0, 0.05) is 24.0 Å². The van der Waals surface area contributed by atoms with Crippen molar-refractivity contribution in [3.63, 3.8) is 0 Å². The minimum Gasteiger partial charge on any atom is -0.383 e. The highest BCUT2D eigenvalue weighted by molar-refractivity contribution is 7.10. The third kappa shape index (κ3) is 4.51. The summed E-state index contributed by atoms with van der Waals surface area (Å²) in [4.78, 5) is 41.7. The van der Waals surface area contributed by atoms with Crippen molar-refractivity contribution >= 4 is 34.8 Å². The molecule has 0 aliphatic carbocycles. The summed E-state index contributed by atoms with van der Waals surface area (Å²) in [5.41, 5.74) is 4.93. The van der Waals surface area contributed by atoms with Crippen LogP contribution in [-0.2, 0) is 11.3 Å². The lowest BCUT2D eigenvalue weighted by Gasteiger charge is -2.23. The molecule has 140 valence electrons. The van der Waals surface area contributed by atoms with Gasteiger partial charge in [0.05, 0.1) is 0 Å². The van der Waals surface area contributed by atoms with Crippen LogP contribution in [-0.4, -0.2) is 22.0 Å². The zero-order valence-corrected chi connectivity index (χ0v) is 15.8. The Morgan fingerprint density at radius 2 is 2.12 bits per heavy atom. The van der Waals surface area contributed by atoms with E-state index in [9.17, 15) is 14.4 Å². The molecule has 0 aliphatic rings. The molecule has 2 rings (SSSR count). The van der Waals surface area contributed by atoms with Gasteiger partial charge in [-0.1, -0.05) is 26.3 Å². The van der Waals surface area contributed by atoms with Crippen LogP contribution in [0.5, 0.6) is 0 Å². The largest absolute Gasteiger partial charge is 0.383 e. The number of carbonyl (C=O) groups is 1. The summed E-state index contributed by atoms with van der Waals surface area (Å²) in [6.45, 7) is 4.62. The Labute approximate surface area is 155 Å². The Morgan fingerprint density at radius 1 is 1.35 bits per heavy atom. The average Bonchev–Trinajstić information content (AvgIpc) is 3.12. The monoisotopic (exact) mass is 376 g/mol. The van der Waals surface area contributed by atoms with Gasteiger partial charge in [-0.05, 0) is 30.4 Å². The van der Waals surface area contributed by atoms with Crippen molar-refractivity contribution in [3.05, 3.63) is 49.3 Å². The van der Waals surface area contributed by atoms with E-state index in [0.29, 0.717) is 25.9 Å². The highest BCUT2D eigenvalue weighted by Crippen LogP contribution is 2.19. The topological polar surface area (TPSA) is 101 Å². The number of nitrogens with zero attached hydrogens (tertiary/aromatic N) is 2. The third-order valence-electron chi connectivity index (χ3n) is 3.87. The van der Waals surface area contributed by atoms with Gasteiger partial charge >= 0.3 is 5.69 Å². The van der Waals surface area contributed by atoms with Gasteiger partial charge in [-0.2, -0.15) is 0 Å². The predicted molar refractivity (Wildman–Crippen MR) is 107 cm³/mol. The molecule has 0 aromatic carbocycles. The molecule has 26 heavy (non-hydrogen) atoms.